The summed E-state index contributed by atoms with van der Waals surface area (Å²) in [5.41, 5.74) is 6.11. The molecule has 1 N–H and O–H groups in total. The Balaban J connectivity index is 1.99. The van der Waals surface area contributed by atoms with Crippen molar-refractivity contribution in [1.29, 1.82) is 0 Å². The second-order valence-electron chi connectivity index (χ2n) is 6.80. The van der Waals surface area contributed by atoms with Crippen LogP contribution in [0.5, 0.6) is 0 Å². The van der Waals surface area contributed by atoms with Crippen molar-refractivity contribution in [2.24, 2.45) is 0 Å². The number of nitrogens with one attached hydrogen (secondary N) is 1. The maximum Gasteiger partial charge on any atom is 0.287 e. The molecule has 0 saturated carbocycles. The largest absolute Gasteiger partial charge is 0.287 e. The Kier molecular flexibility index (Phi) is 5.15. The van der Waals surface area contributed by atoms with E-state index in [4.69, 9.17) is 0 Å². The number of unbranched alkanes of at least 4 members (excludes halogenated alkanes) is 1. The van der Waals surface area contributed by atoms with Gasteiger partial charge in [-0.1, -0.05) is 92.2 Å². The van der Waals surface area contributed by atoms with Gasteiger partial charge in [-0.2, -0.15) is 0 Å². The van der Waals surface area contributed by atoms with Crippen LogP contribution < -0.4 is 4.57 Å². The fourth-order valence-corrected chi connectivity index (χ4v) is 3.57. The van der Waals surface area contributed by atoms with Gasteiger partial charge < -0.3 is 0 Å². The predicted octanol–water partition coefficient (Wildman–Crippen LogP) is 6.10. The second kappa shape index (κ2) is 8.05. The number of hydrogen-bond acceptors (Lipinski definition) is 0. The van der Waals surface area contributed by atoms with Crippen LogP contribution in [0.15, 0.2) is 91.0 Å². The molecule has 2 heteroatoms. The predicted molar refractivity (Wildman–Crippen MR) is 112 cm³/mol. The molecule has 0 spiro atoms. The Morgan fingerprint density at radius 3 is 1.74 bits per heavy atom. The lowest BCUT2D eigenvalue weighted by atomic mass is 10.0. The van der Waals surface area contributed by atoms with Gasteiger partial charge in [-0.25, -0.2) is 9.55 Å². The molecule has 0 amide bonds. The first-order valence-corrected chi connectivity index (χ1v) is 9.70. The SMILES string of the molecule is CCCC[n+]1c(-c2ccccc2)[nH]c(-c2ccccc2)c1-c1ccccc1. The average molecular weight is 353 g/mol. The van der Waals surface area contributed by atoms with E-state index in [1.54, 1.807) is 0 Å². The standard InChI is InChI=1S/C25H24N2/c1-2-3-19-27-24(21-15-9-5-10-16-21)23(20-13-7-4-8-14-20)26-25(27)22-17-11-6-12-18-22/h4-18H,2-3,19H2,1H3/p+1. The molecule has 0 fully saturated rings. The van der Waals surface area contributed by atoms with E-state index in [-0.39, 0.29) is 0 Å². The van der Waals surface area contributed by atoms with Crippen molar-refractivity contribution in [3.05, 3.63) is 91.0 Å². The number of rotatable bonds is 6. The van der Waals surface area contributed by atoms with Gasteiger partial charge in [0.05, 0.1) is 12.1 Å². The van der Waals surface area contributed by atoms with E-state index >= 15 is 0 Å². The first kappa shape index (κ1) is 17.3. The van der Waals surface area contributed by atoms with Crippen LogP contribution in [-0.4, -0.2) is 4.98 Å². The van der Waals surface area contributed by atoms with Gasteiger partial charge in [0.2, 0.25) is 0 Å². The molecule has 4 rings (SSSR count). The zero-order valence-corrected chi connectivity index (χ0v) is 15.7. The van der Waals surface area contributed by atoms with Crippen molar-refractivity contribution >= 4 is 0 Å². The molecule has 27 heavy (non-hydrogen) atoms. The van der Waals surface area contributed by atoms with E-state index in [0.29, 0.717) is 0 Å². The van der Waals surface area contributed by atoms with Crippen LogP contribution in [0.2, 0.25) is 0 Å². The van der Waals surface area contributed by atoms with Crippen LogP contribution in [0.4, 0.5) is 0 Å². The lowest BCUT2D eigenvalue weighted by Crippen LogP contribution is -2.36. The van der Waals surface area contributed by atoms with Gasteiger partial charge in [-0.15, -0.1) is 0 Å². The first-order chi connectivity index (χ1) is 13.4. The van der Waals surface area contributed by atoms with Crippen LogP contribution in [0.1, 0.15) is 19.8 Å². The van der Waals surface area contributed by atoms with Crippen LogP contribution in [-0.2, 0) is 6.54 Å². The number of nitrogens with zero attached hydrogens (tertiary/aromatic N) is 1. The second-order valence-corrected chi connectivity index (χ2v) is 6.80. The molecule has 3 aromatic carbocycles. The van der Waals surface area contributed by atoms with E-state index in [0.717, 1.165) is 13.0 Å². The molecular weight excluding hydrogens is 328 g/mol. The Labute approximate surface area is 161 Å². The lowest BCUT2D eigenvalue weighted by Gasteiger charge is -2.06. The molecule has 0 aliphatic carbocycles. The molecule has 0 bridgehead atoms. The van der Waals surface area contributed by atoms with Crippen LogP contribution in [0.25, 0.3) is 33.9 Å². The summed E-state index contributed by atoms with van der Waals surface area (Å²) < 4.78 is 2.45. The molecule has 134 valence electrons. The van der Waals surface area contributed by atoms with Gasteiger partial charge in [0.15, 0.2) is 11.4 Å². The number of benzene rings is 3. The van der Waals surface area contributed by atoms with E-state index < -0.39 is 0 Å². The van der Waals surface area contributed by atoms with Crippen molar-refractivity contribution in [1.82, 2.24) is 4.98 Å². The molecule has 0 aliphatic rings. The maximum atomic E-state index is 3.75. The highest BCUT2D eigenvalue weighted by atomic mass is 15.1. The Bertz CT molecular complexity index is 987. The fraction of sp³-hybridized carbons (Fsp3) is 0.160. The lowest BCUT2D eigenvalue weighted by molar-refractivity contribution is -0.674. The third kappa shape index (κ3) is 3.56. The smallest absolute Gasteiger partial charge is 0.236 e. The van der Waals surface area contributed by atoms with Crippen LogP contribution in [0.3, 0.4) is 0 Å². The van der Waals surface area contributed by atoms with Crippen molar-refractivity contribution in [2.45, 2.75) is 26.3 Å². The molecular formula is C25H25N2+. The molecule has 0 aliphatic heterocycles. The molecule has 0 atom stereocenters. The minimum atomic E-state index is 0.994. The third-order valence-corrected chi connectivity index (χ3v) is 4.91. The third-order valence-electron chi connectivity index (χ3n) is 4.91. The van der Waals surface area contributed by atoms with E-state index in [1.165, 1.54) is 40.3 Å². The minimum absolute atomic E-state index is 0.994. The van der Waals surface area contributed by atoms with Gasteiger partial charge >= 0.3 is 0 Å². The number of H-pyrrole nitrogens is 1. The molecule has 4 aromatic rings. The monoisotopic (exact) mass is 353 g/mol. The zero-order valence-electron chi connectivity index (χ0n) is 15.7. The normalized spacial score (nSPS) is 10.9. The molecule has 0 unspecified atom stereocenters. The molecule has 2 nitrogen and oxygen atoms in total. The number of hydrogen-bond donors (Lipinski definition) is 1. The molecule has 0 radical (unpaired) electrons. The van der Waals surface area contributed by atoms with Gasteiger partial charge in [0, 0.05) is 11.1 Å². The fourth-order valence-electron chi connectivity index (χ4n) is 3.57. The van der Waals surface area contributed by atoms with Crippen molar-refractivity contribution < 1.29 is 4.57 Å². The summed E-state index contributed by atoms with van der Waals surface area (Å²) in [5.74, 6) is 1.17. The van der Waals surface area contributed by atoms with Gasteiger partial charge in [-0.3, -0.25) is 0 Å². The highest BCUT2D eigenvalue weighted by Crippen LogP contribution is 2.31. The summed E-state index contributed by atoms with van der Waals surface area (Å²) >= 11 is 0. The Morgan fingerprint density at radius 1 is 0.667 bits per heavy atom. The van der Waals surface area contributed by atoms with E-state index in [1.807, 2.05) is 0 Å². The summed E-state index contributed by atoms with van der Waals surface area (Å²) in [6.45, 7) is 3.24. The average Bonchev–Trinajstić information content (AvgIpc) is 3.13. The number of aromatic nitrogens is 2. The highest BCUT2D eigenvalue weighted by Gasteiger charge is 2.27. The highest BCUT2D eigenvalue weighted by molar-refractivity contribution is 5.78. The summed E-state index contributed by atoms with van der Waals surface area (Å²) in [6, 6.07) is 32.0. The summed E-state index contributed by atoms with van der Waals surface area (Å²) in [6.07, 6.45) is 2.32. The Hall–Kier alpha value is -3.13. The number of imidazole rings is 1. The molecule has 1 aromatic heterocycles. The topological polar surface area (TPSA) is 19.7 Å². The van der Waals surface area contributed by atoms with Gasteiger partial charge in [0.1, 0.15) is 0 Å². The summed E-state index contributed by atoms with van der Waals surface area (Å²) in [4.78, 5) is 3.75. The minimum Gasteiger partial charge on any atom is -0.236 e. The number of aromatic amines is 1. The van der Waals surface area contributed by atoms with Gasteiger partial charge in [-0.05, 0) is 18.6 Å². The summed E-state index contributed by atoms with van der Waals surface area (Å²) in [7, 11) is 0. The molecule has 0 saturated heterocycles. The van der Waals surface area contributed by atoms with E-state index in [9.17, 15) is 0 Å². The van der Waals surface area contributed by atoms with Gasteiger partial charge in [0.25, 0.3) is 5.82 Å². The molecule has 1 heterocycles. The van der Waals surface area contributed by atoms with Crippen molar-refractivity contribution in [3.8, 4) is 33.9 Å². The Morgan fingerprint density at radius 2 is 1.19 bits per heavy atom. The zero-order chi connectivity index (χ0) is 18.5. The summed E-state index contributed by atoms with van der Waals surface area (Å²) in [5, 5.41) is 0. The quantitative estimate of drug-likeness (QED) is 0.404. The van der Waals surface area contributed by atoms with E-state index in [2.05, 4.69) is 107 Å². The first-order valence-electron chi connectivity index (χ1n) is 9.70. The maximum absolute atomic E-state index is 3.75. The van der Waals surface area contributed by atoms with Crippen LogP contribution in [0, 0.1) is 0 Å². The van der Waals surface area contributed by atoms with Crippen molar-refractivity contribution in [3.63, 3.8) is 0 Å². The van der Waals surface area contributed by atoms with Crippen molar-refractivity contribution in [2.75, 3.05) is 0 Å². The van der Waals surface area contributed by atoms with Crippen LogP contribution >= 0.6 is 0 Å².